The van der Waals surface area contributed by atoms with Crippen LogP contribution in [-0.4, -0.2) is 11.3 Å². The lowest BCUT2D eigenvalue weighted by Gasteiger charge is -2.32. The number of Topliss-reactive ketones (excluding diaryl/α,β-unsaturated/α-hetero) is 1. The van der Waals surface area contributed by atoms with E-state index in [0.29, 0.717) is 0 Å². The fourth-order valence-electron chi connectivity index (χ4n) is 2.76. The van der Waals surface area contributed by atoms with Gasteiger partial charge in [0.2, 0.25) is 0 Å². The summed E-state index contributed by atoms with van der Waals surface area (Å²) in [4.78, 5) is 12.7. The summed E-state index contributed by atoms with van der Waals surface area (Å²) in [5.74, 6) is -0.107. The second-order valence-electron chi connectivity index (χ2n) is 6.38. The maximum absolute atomic E-state index is 12.7. The van der Waals surface area contributed by atoms with E-state index in [4.69, 9.17) is 5.73 Å². The number of nitrogens with two attached hydrogens (primary N) is 1. The number of rotatable bonds is 4. The topological polar surface area (TPSA) is 43.1 Å². The zero-order chi connectivity index (χ0) is 14.9. The lowest BCUT2D eigenvalue weighted by molar-refractivity contribution is -0.124. The Morgan fingerprint density at radius 2 is 1.65 bits per heavy atom. The highest BCUT2D eigenvalue weighted by Gasteiger charge is 2.35. The molecule has 2 aromatic carbocycles. The van der Waals surface area contributed by atoms with Crippen LogP contribution in [0.3, 0.4) is 0 Å². The zero-order valence-corrected chi connectivity index (χ0v) is 12.7. The summed E-state index contributed by atoms with van der Waals surface area (Å²) in [5, 5.41) is 2.27. The average Bonchev–Trinajstić information content (AvgIpc) is 2.37. The smallest absolute Gasteiger partial charge is 0.144 e. The molecule has 0 radical (unpaired) electrons. The summed E-state index contributed by atoms with van der Waals surface area (Å²) in [6.07, 6.45) is 0. The molecule has 2 rings (SSSR count). The van der Waals surface area contributed by atoms with Crippen molar-refractivity contribution in [3.05, 3.63) is 48.0 Å². The van der Waals surface area contributed by atoms with E-state index < -0.39 is 5.54 Å². The van der Waals surface area contributed by atoms with Gasteiger partial charge < -0.3 is 5.73 Å². The number of ketones is 1. The van der Waals surface area contributed by atoms with E-state index in [1.165, 1.54) is 0 Å². The van der Waals surface area contributed by atoms with Crippen LogP contribution in [-0.2, 0) is 4.79 Å². The number of hydrogen-bond acceptors (Lipinski definition) is 2. The van der Waals surface area contributed by atoms with Crippen molar-refractivity contribution in [2.75, 3.05) is 0 Å². The summed E-state index contributed by atoms with van der Waals surface area (Å²) in [7, 11) is 0. The van der Waals surface area contributed by atoms with Crippen LogP contribution in [0, 0.1) is 5.92 Å². The molecule has 0 spiro atoms. The molecule has 106 valence electrons. The molecule has 2 heteroatoms. The molecule has 2 aromatic rings. The van der Waals surface area contributed by atoms with E-state index in [0.717, 1.165) is 16.3 Å². The van der Waals surface area contributed by atoms with Crippen LogP contribution in [0.15, 0.2) is 42.5 Å². The molecular formula is C18H23NO. The second kappa shape index (κ2) is 5.37. The number of carbonyl (C=O) groups is 1. The summed E-state index contributed by atoms with van der Waals surface area (Å²) >= 11 is 0. The fourth-order valence-corrected chi connectivity index (χ4v) is 2.76. The molecule has 0 aliphatic heterocycles. The number of hydrogen-bond donors (Lipinski definition) is 1. The third-order valence-electron chi connectivity index (χ3n) is 3.73. The van der Waals surface area contributed by atoms with Gasteiger partial charge in [-0.05, 0) is 30.2 Å². The predicted octanol–water partition coefficient (Wildman–Crippen LogP) is 3.89. The molecule has 0 saturated heterocycles. The highest BCUT2D eigenvalue weighted by molar-refractivity contribution is 5.95. The van der Waals surface area contributed by atoms with Gasteiger partial charge in [-0.3, -0.25) is 4.79 Å². The Labute approximate surface area is 121 Å². The molecule has 0 aromatic heterocycles. The maximum Gasteiger partial charge on any atom is 0.144 e. The van der Waals surface area contributed by atoms with Crippen molar-refractivity contribution in [3.63, 3.8) is 0 Å². The van der Waals surface area contributed by atoms with Gasteiger partial charge in [-0.1, -0.05) is 56.3 Å². The van der Waals surface area contributed by atoms with Gasteiger partial charge in [0.25, 0.3) is 0 Å². The van der Waals surface area contributed by atoms with Gasteiger partial charge in [0, 0.05) is 11.5 Å². The van der Waals surface area contributed by atoms with Crippen LogP contribution < -0.4 is 5.73 Å². The first-order chi connectivity index (χ1) is 9.32. The minimum Gasteiger partial charge on any atom is -0.325 e. The molecule has 0 amide bonds. The van der Waals surface area contributed by atoms with Crippen molar-refractivity contribution in [2.45, 2.75) is 39.2 Å². The molecule has 0 saturated carbocycles. The summed E-state index contributed by atoms with van der Waals surface area (Å²) in [5.41, 5.74) is 6.78. The molecule has 0 aliphatic rings. The Kier molecular flexibility index (Phi) is 3.96. The molecule has 20 heavy (non-hydrogen) atoms. The molecule has 1 atom stereocenters. The Bertz CT molecular complexity index is 617. The van der Waals surface area contributed by atoms with Crippen molar-refractivity contribution in [1.29, 1.82) is 0 Å². The van der Waals surface area contributed by atoms with Gasteiger partial charge in [-0.15, -0.1) is 0 Å². The lowest BCUT2D eigenvalue weighted by Crippen LogP contribution is -2.44. The minimum atomic E-state index is -0.578. The first-order valence-corrected chi connectivity index (χ1v) is 7.12. The lowest BCUT2D eigenvalue weighted by atomic mass is 9.75. The molecule has 0 aliphatic carbocycles. The molecule has 2 nitrogen and oxygen atoms in total. The average molecular weight is 269 g/mol. The predicted molar refractivity (Wildman–Crippen MR) is 84.8 cm³/mol. The monoisotopic (exact) mass is 269 g/mol. The van der Waals surface area contributed by atoms with Crippen LogP contribution in [0.1, 0.15) is 39.2 Å². The third kappa shape index (κ3) is 2.75. The van der Waals surface area contributed by atoms with Gasteiger partial charge in [0.1, 0.15) is 5.78 Å². The van der Waals surface area contributed by atoms with Gasteiger partial charge >= 0.3 is 0 Å². The maximum atomic E-state index is 12.7. The number of carbonyl (C=O) groups excluding carboxylic acids is 1. The molecule has 0 bridgehead atoms. The van der Waals surface area contributed by atoms with E-state index in [-0.39, 0.29) is 17.6 Å². The number of benzene rings is 2. The van der Waals surface area contributed by atoms with Crippen LogP contribution in [0.25, 0.3) is 10.8 Å². The first kappa shape index (κ1) is 14.7. The summed E-state index contributed by atoms with van der Waals surface area (Å²) in [6.45, 7) is 7.73. The van der Waals surface area contributed by atoms with E-state index in [1.54, 1.807) is 0 Å². The normalized spacial score (nSPS) is 13.7. The van der Waals surface area contributed by atoms with Crippen molar-refractivity contribution >= 4 is 16.6 Å². The van der Waals surface area contributed by atoms with E-state index in [1.807, 2.05) is 52.0 Å². The van der Waals surface area contributed by atoms with Gasteiger partial charge in [0.05, 0.1) is 5.92 Å². The van der Waals surface area contributed by atoms with Crippen molar-refractivity contribution in [1.82, 2.24) is 0 Å². The van der Waals surface area contributed by atoms with Gasteiger partial charge in [0.15, 0.2) is 0 Å². The van der Waals surface area contributed by atoms with Crippen LogP contribution in [0.2, 0.25) is 0 Å². The van der Waals surface area contributed by atoms with Crippen LogP contribution in [0.4, 0.5) is 0 Å². The number of fused-ring (bicyclic) bond motifs is 1. The van der Waals surface area contributed by atoms with Crippen LogP contribution in [0.5, 0.6) is 0 Å². The third-order valence-corrected chi connectivity index (χ3v) is 3.73. The van der Waals surface area contributed by atoms with Crippen LogP contribution >= 0.6 is 0 Å². The first-order valence-electron chi connectivity index (χ1n) is 7.12. The molecule has 2 N–H and O–H groups in total. The quantitative estimate of drug-likeness (QED) is 0.915. The standard InChI is InChI=1S/C18H23NO/c1-12(2)17(20)16(18(3,4)19)15-11-7-9-13-8-5-6-10-14(13)15/h5-12,16H,19H2,1-4H3/t16-/m0/s1. The largest absolute Gasteiger partial charge is 0.325 e. The van der Waals surface area contributed by atoms with E-state index >= 15 is 0 Å². The van der Waals surface area contributed by atoms with Gasteiger partial charge in [-0.25, -0.2) is 0 Å². The minimum absolute atomic E-state index is 0.0261. The second-order valence-corrected chi connectivity index (χ2v) is 6.38. The summed E-state index contributed by atoms with van der Waals surface area (Å²) < 4.78 is 0. The van der Waals surface area contributed by atoms with E-state index in [2.05, 4.69) is 18.2 Å². The zero-order valence-electron chi connectivity index (χ0n) is 12.7. The highest BCUT2D eigenvalue weighted by atomic mass is 16.1. The summed E-state index contributed by atoms with van der Waals surface area (Å²) in [6, 6.07) is 14.3. The van der Waals surface area contributed by atoms with Gasteiger partial charge in [-0.2, -0.15) is 0 Å². The SMILES string of the molecule is CC(C)C(=O)[C@H](c1cccc2ccccc12)C(C)(C)N. The Balaban J connectivity index is 2.66. The highest BCUT2D eigenvalue weighted by Crippen LogP contribution is 2.34. The molecular weight excluding hydrogens is 246 g/mol. The molecule has 0 heterocycles. The Morgan fingerprint density at radius 3 is 2.25 bits per heavy atom. The Hall–Kier alpha value is -1.67. The fraction of sp³-hybridized carbons (Fsp3) is 0.389. The molecule has 0 fully saturated rings. The van der Waals surface area contributed by atoms with Crippen molar-refractivity contribution < 1.29 is 4.79 Å². The Morgan fingerprint density at radius 1 is 1.05 bits per heavy atom. The van der Waals surface area contributed by atoms with Crippen molar-refractivity contribution in [3.8, 4) is 0 Å². The molecule has 0 unspecified atom stereocenters. The van der Waals surface area contributed by atoms with E-state index in [9.17, 15) is 4.79 Å². The van der Waals surface area contributed by atoms with Crippen molar-refractivity contribution in [2.24, 2.45) is 11.7 Å².